The van der Waals surface area contributed by atoms with Crippen molar-refractivity contribution in [2.45, 2.75) is 70.6 Å². The van der Waals surface area contributed by atoms with Crippen LogP contribution < -0.4 is 5.32 Å². The quantitative estimate of drug-likeness (QED) is 0.869. The molecular formula is C15H25F3N2O. The Morgan fingerprint density at radius 3 is 2.00 bits per heavy atom. The molecule has 122 valence electrons. The molecule has 1 saturated heterocycles. The van der Waals surface area contributed by atoms with E-state index in [1.165, 1.54) is 0 Å². The number of halogens is 3. The lowest BCUT2D eigenvalue weighted by molar-refractivity contribution is -0.244. The van der Waals surface area contributed by atoms with Gasteiger partial charge in [0.15, 0.2) is 0 Å². The molecule has 0 aromatic carbocycles. The van der Waals surface area contributed by atoms with E-state index in [-0.39, 0.29) is 12.8 Å². The Morgan fingerprint density at radius 1 is 1.14 bits per heavy atom. The summed E-state index contributed by atoms with van der Waals surface area (Å²) in [5.41, 5.74) is -2.65. The van der Waals surface area contributed by atoms with Gasteiger partial charge in [-0.25, -0.2) is 0 Å². The Morgan fingerprint density at radius 2 is 1.67 bits per heavy atom. The Hall–Kier alpha value is -0.780. The van der Waals surface area contributed by atoms with E-state index in [0.29, 0.717) is 25.3 Å². The number of amides is 1. The number of hydrogen-bond acceptors (Lipinski definition) is 2. The topological polar surface area (TPSA) is 32.3 Å². The third-order valence-electron chi connectivity index (χ3n) is 5.23. The van der Waals surface area contributed by atoms with Crippen molar-refractivity contribution >= 4 is 5.91 Å². The zero-order valence-electron chi connectivity index (χ0n) is 13.0. The molecule has 6 heteroatoms. The third kappa shape index (κ3) is 3.05. The molecule has 0 radical (unpaired) electrons. The highest BCUT2D eigenvalue weighted by Crippen LogP contribution is 2.53. The summed E-state index contributed by atoms with van der Waals surface area (Å²) in [6.07, 6.45) is -2.71. The van der Waals surface area contributed by atoms with Crippen LogP contribution in [-0.4, -0.2) is 41.7 Å². The lowest BCUT2D eigenvalue weighted by Crippen LogP contribution is -2.62. The molecule has 0 unspecified atom stereocenters. The van der Waals surface area contributed by atoms with Gasteiger partial charge in [-0.1, -0.05) is 6.42 Å². The van der Waals surface area contributed by atoms with Crippen molar-refractivity contribution in [2.75, 3.05) is 13.1 Å². The summed E-state index contributed by atoms with van der Waals surface area (Å²) in [5.74, 6) is -0.818. The van der Waals surface area contributed by atoms with Crippen LogP contribution in [0.15, 0.2) is 0 Å². The zero-order valence-corrected chi connectivity index (χ0v) is 13.0. The second-order valence-electron chi connectivity index (χ2n) is 7.08. The number of piperidine rings is 1. The summed E-state index contributed by atoms with van der Waals surface area (Å²) in [7, 11) is 0. The maximum atomic E-state index is 13.2. The normalized spacial score (nSPS) is 25.5. The van der Waals surface area contributed by atoms with Crippen molar-refractivity contribution in [2.24, 2.45) is 5.41 Å². The summed E-state index contributed by atoms with van der Waals surface area (Å²) in [4.78, 5) is 14.5. The third-order valence-corrected chi connectivity index (χ3v) is 5.23. The van der Waals surface area contributed by atoms with Crippen LogP contribution >= 0.6 is 0 Å². The monoisotopic (exact) mass is 306 g/mol. The zero-order chi connectivity index (χ0) is 15.9. The number of hydrogen-bond donors (Lipinski definition) is 1. The molecule has 1 heterocycles. The van der Waals surface area contributed by atoms with Gasteiger partial charge in [0.2, 0.25) is 5.91 Å². The first-order valence-corrected chi connectivity index (χ1v) is 7.73. The number of rotatable bonds is 3. The van der Waals surface area contributed by atoms with E-state index in [1.807, 2.05) is 6.92 Å². The molecule has 1 saturated carbocycles. The van der Waals surface area contributed by atoms with Crippen LogP contribution in [0, 0.1) is 5.41 Å². The molecule has 1 amide bonds. The second-order valence-corrected chi connectivity index (χ2v) is 7.08. The molecule has 1 aliphatic heterocycles. The minimum absolute atomic E-state index is 0.0729. The van der Waals surface area contributed by atoms with E-state index in [2.05, 4.69) is 24.1 Å². The SMILES string of the molecule is CC(C)N1CCC(C)(NC(=O)C2(C(F)(F)F)CCC2)CC1. The van der Waals surface area contributed by atoms with Crippen LogP contribution in [0.1, 0.15) is 52.9 Å². The summed E-state index contributed by atoms with van der Waals surface area (Å²) < 4.78 is 39.6. The summed E-state index contributed by atoms with van der Waals surface area (Å²) in [5, 5.41) is 2.72. The second kappa shape index (κ2) is 5.45. The first-order valence-electron chi connectivity index (χ1n) is 7.73. The van der Waals surface area contributed by atoms with Crippen molar-refractivity contribution < 1.29 is 18.0 Å². The molecule has 1 N–H and O–H groups in total. The Kier molecular flexibility index (Phi) is 4.30. The molecule has 0 aromatic heterocycles. The van der Waals surface area contributed by atoms with E-state index < -0.39 is 23.0 Å². The van der Waals surface area contributed by atoms with Crippen molar-refractivity contribution in [3.63, 3.8) is 0 Å². The lowest BCUT2D eigenvalue weighted by atomic mass is 9.67. The summed E-state index contributed by atoms with van der Waals surface area (Å²) >= 11 is 0. The standard InChI is InChI=1S/C15H25F3N2O/c1-11(2)20-9-7-13(3,8-10-20)19-12(21)14(5-4-6-14)15(16,17)18/h11H,4-10H2,1-3H3,(H,19,21). The first-order chi connectivity index (χ1) is 9.60. The van der Waals surface area contributed by atoms with Crippen LogP contribution in [0.4, 0.5) is 13.2 Å². The van der Waals surface area contributed by atoms with Crippen LogP contribution in [-0.2, 0) is 4.79 Å². The number of carbonyl (C=O) groups excluding carboxylic acids is 1. The van der Waals surface area contributed by atoms with Crippen molar-refractivity contribution in [1.29, 1.82) is 0 Å². The van der Waals surface area contributed by atoms with Crippen molar-refractivity contribution in [1.82, 2.24) is 10.2 Å². The summed E-state index contributed by atoms with van der Waals surface area (Å²) in [6.45, 7) is 7.70. The van der Waals surface area contributed by atoms with E-state index in [1.54, 1.807) is 0 Å². The number of carbonyl (C=O) groups is 1. The average Bonchev–Trinajstić information content (AvgIpc) is 2.24. The largest absolute Gasteiger partial charge is 0.403 e. The molecule has 0 spiro atoms. The minimum Gasteiger partial charge on any atom is -0.350 e. The first kappa shape index (κ1) is 16.6. The van der Waals surface area contributed by atoms with Gasteiger partial charge in [-0.05, 0) is 46.5 Å². The fourth-order valence-corrected chi connectivity index (χ4v) is 3.22. The Bertz CT molecular complexity index is 394. The number of nitrogens with zero attached hydrogens (tertiary/aromatic N) is 1. The fraction of sp³-hybridized carbons (Fsp3) is 0.933. The van der Waals surface area contributed by atoms with E-state index >= 15 is 0 Å². The van der Waals surface area contributed by atoms with Gasteiger partial charge in [0.1, 0.15) is 5.41 Å². The van der Waals surface area contributed by atoms with Gasteiger partial charge in [0.25, 0.3) is 0 Å². The van der Waals surface area contributed by atoms with Gasteiger partial charge < -0.3 is 10.2 Å². The van der Waals surface area contributed by atoms with E-state index in [4.69, 9.17) is 0 Å². The van der Waals surface area contributed by atoms with Crippen molar-refractivity contribution in [3.05, 3.63) is 0 Å². The molecule has 2 fully saturated rings. The smallest absolute Gasteiger partial charge is 0.350 e. The molecule has 1 aliphatic carbocycles. The predicted molar refractivity (Wildman–Crippen MR) is 74.8 cm³/mol. The fourth-order valence-electron chi connectivity index (χ4n) is 3.22. The predicted octanol–water partition coefficient (Wildman–Crippen LogP) is 3.10. The molecule has 0 aromatic rings. The maximum Gasteiger partial charge on any atom is 0.403 e. The van der Waals surface area contributed by atoms with Crippen LogP contribution in [0.5, 0.6) is 0 Å². The van der Waals surface area contributed by atoms with Gasteiger partial charge in [-0.2, -0.15) is 13.2 Å². The Labute approximate surface area is 124 Å². The highest BCUT2D eigenvalue weighted by molar-refractivity contribution is 5.85. The van der Waals surface area contributed by atoms with Gasteiger partial charge >= 0.3 is 6.18 Å². The molecular weight excluding hydrogens is 281 g/mol. The van der Waals surface area contributed by atoms with E-state index in [0.717, 1.165) is 13.1 Å². The maximum absolute atomic E-state index is 13.2. The molecule has 2 rings (SSSR count). The molecule has 3 nitrogen and oxygen atoms in total. The molecule has 2 aliphatic rings. The van der Waals surface area contributed by atoms with Gasteiger partial charge in [-0.3, -0.25) is 4.79 Å². The number of likely N-dealkylation sites (tertiary alicyclic amines) is 1. The van der Waals surface area contributed by atoms with Gasteiger partial charge in [-0.15, -0.1) is 0 Å². The highest BCUT2D eigenvalue weighted by atomic mass is 19.4. The molecule has 21 heavy (non-hydrogen) atoms. The highest BCUT2D eigenvalue weighted by Gasteiger charge is 2.63. The van der Waals surface area contributed by atoms with E-state index in [9.17, 15) is 18.0 Å². The molecule has 0 atom stereocenters. The van der Waals surface area contributed by atoms with Gasteiger partial charge in [0, 0.05) is 24.7 Å². The number of alkyl halides is 3. The summed E-state index contributed by atoms with van der Waals surface area (Å²) in [6, 6.07) is 0.429. The molecule has 0 bridgehead atoms. The lowest BCUT2D eigenvalue weighted by Gasteiger charge is -2.46. The van der Waals surface area contributed by atoms with Crippen LogP contribution in [0.3, 0.4) is 0 Å². The van der Waals surface area contributed by atoms with Crippen LogP contribution in [0.2, 0.25) is 0 Å². The van der Waals surface area contributed by atoms with Gasteiger partial charge in [0.05, 0.1) is 0 Å². The van der Waals surface area contributed by atoms with Crippen molar-refractivity contribution in [3.8, 4) is 0 Å². The average molecular weight is 306 g/mol. The Balaban J connectivity index is 2.00. The minimum atomic E-state index is -4.44. The van der Waals surface area contributed by atoms with Crippen LogP contribution in [0.25, 0.3) is 0 Å². The number of nitrogens with one attached hydrogen (secondary N) is 1.